The number of rotatable bonds is 4. The van der Waals surface area contributed by atoms with Gasteiger partial charge in [0.25, 0.3) is 11.8 Å². The number of benzene rings is 1. The number of amides is 4. The first-order valence-electron chi connectivity index (χ1n) is 8.75. The fourth-order valence-corrected chi connectivity index (χ4v) is 3.91. The fraction of sp³-hybridized carbons (Fsp3) is 0.444. The van der Waals surface area contributed by atoms with Crippen molar-refractivity contribution in [2.24, 2.45) is 11.7 Å². The summed E-state index contributed by atoms with van der Waals surface area (Å²) < 4.78 is 0. The summed E-state index contributed by atoms with van der Waals surface area (Å²) in [5.74, 6) is -1.42. The van der Waals surface area contributed by atoms with E-state index in [-0.39, 0.29) is 18.7 Å². The molecule has 8 nitrogen and oxygen atoms in total. The van der Waals surface area contributed by atoms with Crippen LogP contribution in [0.15, 0.2) is 18.2 Å². The smallest absolute Gasteiger partial charge is 0.262 e. The third-order valence-electron chi connectivity index (χ3n) is 5.31. The monoisotopic (exact) mass is 356 g/mol. The molecule has 2 fully saturated rings. The third-order valence-corrected chi connectivity index (χ3v) is 5.31. The largest absolute Gasteiger partial charge is 0.330 e. The van der Waals surface area contributed by atoms with E-state index in [0.29, 0.717) is 30.1 Å². The van der Waals surface area contributed by atoms with Crippen molar-refractivity contribution in [3.63, 3.8) is 0 Å². The van der Waals surface area contributed by atoms with Crippen molar-refractivity contribution >= 4 is 23.6 Å². The van der Waals surface area contributed by atoms with Gasteiger partial charge in [-0.25, -0.2) is 0 Å². The maximum Gasteiger partial charge on any atom is 0.262 e. The summed E-state index contributed by atoms with van der Waals surface area (Å²) in [6.07, 6.45) is 0.278. The van der Waals surface area contributed by atoms with Crippen molar-refractivity contribution in [2.45, 2.75) is 25.4 Å². The molecule has 3 aliphatic heterocycles. The first-order valence-corrected chi connectivity index (χ1v) is 8.75. The predicted molar refractivity (Wildman–Crippen MR) is 90.9 cm³/mol. The lowest BCUT2D eigenvalue weighted by atomic mass is 9.97. The number of piperidine rings is 1. The number of fused-ring (bicyclic) bond motifs is 1. The highest BCUT2D eigenvalue weighted by Crippen LogP contribution is 2.31. The molecule has 0 aliphatic carbocycles. The Morgan fingerprint density at radius 1 is 1.12 bits per heavy atom. The van der Waals surface area contributed by atoms with Crippen LogP contribution in [0.1, 0.15) is 39.1 Å². The maximum absolute atomic E-state index is 13.0. The normalized spacial score (nSPS) is 23.9. The molecule has 4 rings (SSSR count). The van der Waals surface area contributed by atoms with Crippen LogP contribution in [0.3, 0.4) is 0 Å². The molecule has 8 heteroatoms. The predicted octanol–water partition coefficient (Wildman–Crippen LogP) is -0.522. The van der Waals surface area contributed by atoms with Crippen molar-refractivity contribution in [3.8, 4) is 0 Å². The Morgan fingerprint density at radius 3 is 2.58 bits per heavy atom. The van der Waals surface area contributed by atoms with E-state index in [1.165, 1.54) is 0 Å². The third kappa shape index (κ3) is 2.62. The highest BCUT2D eigenvalue weighted by Gasteiger charge is 2.45. The topological polar surface area (TPSA) is 113 Å². The molecular weight excluding hydrogens is 336 g/mol. The van der Waals surface area contributed by atoms with Gasteiger partial charge in [0.2, 0.25) is 11.8 Å². The molecule has 0 radical (unpaired) electrons. The fourth-order valence-electron chi connectivity index (χ4n) is 3.91. The van der Waals surface area contributed by atoms with Gasteiger partial charge < -0.3 is 5.73 Å². The zero-order chi connectivity index (χ0) is 18.4. The highest BCUT2D eigenvalue weighted by atomic mass is 16.2. The second-order valence-electron chi connectivity index (χ2n) is 7.08. The van der Waals surface area contributed by atoms with Gasteiger partial charge in [0.1, 0.15) is 6.04 Å². The highest BCUT2D eigenvalue weighted by molar-refractivity contribution is 6.24. The van der Waals surface area contributed by atoms with Crippen molar-refractivity contribution in [3.05, 3.63) is 34.9 Å². The van der Waals surface area contributed by atoms with Crippen LogP contribution in [0.4, 0.5) is 0 Å². The molecule has 1 aromatic rings. The van der Waals surface area contributed by atoms with Crippen LogP contribution in [0, 0.1) is 5.92 Å². The molecule has 4 amide bonds. The van der Waals surface area contributed by atoms with E-state index in [2.05, 4.69) is 10.2 Å². The zero-order valence-electron chi connectivity index (χ0n) is 14.2. The number of nitrogens with zero attached hydrogens (tertiary/aromatic N) is 2. The lowest BCUT2D eigenvalue weighted by molar-refractivity contribution is -0.136. The molecule has 1 unspecified atom stereocenters. The van der Waals surface area contributed by atoms with Crippen LogP contribution in [0.5, 0.6) is 0 Å². The van der Waals surface area contributed by atoms with Gasteiger partial charge >= 0.3 is 0 Å². The number of imide groups is 2. The van der Waals surface area contributed by atoms with Gasteiger partial charge in [-0.2, -0.15) is 0 Å². The summed E-state index contributed by atoms with van der Waals surface area (Å²) in [7, 11) is 0. The van der Waals surface area contributed by atoms with Crippen LogP contribution >= 0.6 is 0 Å². The van der Waals surface area contributed by atoms with Crippen molar-refractivity contribution < 1.29 is 19.2 Å². The quantitative estimate of drug-likeness (QED) is 0.702. The standard InChI is InChI=1S/C18H20N4O4/c19-6-10-7-21(8-10)9-11-2-1-3-12-15(11)18(26)22(17(12)25)13-4-5-14(23)20-16(13)24/h1-3,10,13H,4-9,19H2,(H,20,23,24). The molecule has 1 atom stereocenters. The average molecular weight is 356 g/mol. The number of carbonyl (C=O) groups excluding carboxylic acids is 4. The van der Waals surface area contributed by atoms with E-state index in [9.17, 15) is 19.2 Å². The summed E-state index contributed by atoms with van der Waals surface area (Å²) in [5.41, 5.74) is 7.13. The average Bonchev–Trinajstić information content (AvgIpc) is 2.83. The number of nitrogens with one attached hydrogen (secondary N) is 1. The van der Waals surface area contributed by atoms with Crippen LogP contribution in [0.2, 0.25) is 0 Å². The molecule has 2 saturated heterocycles. The van der Waals surface area contributed by atoms with Crippen molar-refractivity contribution in [1.29, 1.82) is 0 Å². The van der Waals surface area contributed by atoms with Crippen LogP contribution in [0.25, 0.3) is 0 Å². The molecule has 3 aliphatic rings. The zero-order valence-corrected chi connectivity index (χ0v) is 14.2. The van der Waals surface area contributed by atoms with E-state index in [1.807, 2.05) is 6.07 Å². The number of nitrogens with two attached hydrogens (primary N) is 1. The Balaban J connectivity index is 1.59. The van der Waals surface area contributed by atoms with Crippen molar-refractivity contribution in [2.75, 3.05) is 19.6 Å². The summed E-state index contributed by atoms with van der Waals surface area (Å²) in [6, 6.07) is 4.28. The second-order valence-corrected chi connectivity index (χ2v) is 7.08. The molecule has 3 heterocycles. The van der Waals surface area contributed by atoms with E-state index in [1.54, 1.807) is 12.1 Å². The van der Waals surface area contributed by atoms with Crippen molar-refractivity contribution in [1.82, 2.24) is 15.1 Å². The van der Waals surface area contributed by atoms with Gasteiger partial charge in [-0.15, -0.1) is 0 Å². The summed E-state index contributed by atoms with van der Waals surface area (Å²) in [5, 5.41) is 2.21. The van der Waals surface area contributed by atoms with Gasteiger partial charge in [0.05, 0.1) is 11.1 Å². The SMILES string of the molecule is NCC1CN(Cc2cccc3c2C(=O)N(C2CCC(=O)NC2=O)C3=O)C1. The number of hydrogen-bond acceptors (Lipinski definition) is 6. The summed E-state index contributed by atoms with van der Waals surface area (Å²) in [6.45, 7) is 2.96. The summed E-state index contributed by atoms with van der Waals surface area (Å²) in [4.78, 5) is 52.4. The number of likely N-dealkylation sites (tertiary alicyclic amines) is 1. The Hall–Kier alpha value is -2.58. The van der Waals surface area contributed by atoms with Crippen LogP contribution < -0.4 is 11.1 Å². The first kappa shape index (κ1) is 16.9. The molecule has 0 bridgehead atoms. The Labute approximate surface area is 150 Å². The molecule has 3 N–H and O–H groups in total. The number of hydrogen-bond donors (Lipinski definition) is 2. The van der Waals surface area contributed by atoms with Crippen LogP contribution in [-0.4, -0.2) is 59.1 Å². The Morgan fingerprint density at radius 2 is 1.88 bits per heavy atom. The molecule has 1 aromatic carbocycles. The lowest BCUT2D eigenvalue weighted by Gasteiger charge is -2.38. The van der Waals surface area contributed by atoms with Gasteiger partial charge in [-0.3, -0.25) is 34.3 Å². The Kier molecular flexibility index (Phi) is 4.08. The Bertz CT molecular complexity index is 815. The van der Waals surface area contributed by atoms with E-state index in [4.69, 9.17) is 5.73 Å². The van der Waals surface area contributed by atoms with E-state index >= 15 is 0 Å². The maximum atomic E-state index is 13.0. The van der Waals surface area contributed by atoms with Gasteiger partial charge in [0.15, 0.2) is 0 Å². The number of carbonyl (C=O) groups is 4. The second kappa shape index (κ2) is 6.30. The van der Waals surface area contributed by atoms with Gasteiger partial charge in [-0.05, 0) is 30.5 Å². The molecule has 26 heavy (non-hydrogen) atoms. The molecule has 136 valence electrons. The molecule has 0 spiro atoms. The minimum absolute atomic E-state index is 0.116. The van der Waals surface area contributed by atoms with Gasteiger partial charge in [0, 0.05) is 26.1 Å². The lowest BCUT2D eigenvalue weighted by Crippen LogP contribution is -2.54. The van der Waals surface area contributed by atoms with E-state index in [0.717, 1.165) is 23.6 Å². The molecular formula is C18H20N4O4. The van der Waals surface area contributed by atoms with E-state index < -0.39 is 23.8 Å². The first-order chi connectivity index (χ1) is 12.5. The minimum atomic E-state index is -0.932. The van der Waals surface area contributed by atoms with Gasteiger partial charge in [-0.1, -0.05) is 12.1 Å². The van der Waals surface area contributed by atoms with Crippen LogP contribution in [-0.2, 0) is 16.1 Å². The minimum Gasteiger partial charge on any atom is -0.330 e. The summed E-state index contributed by atoms with van der Waals surface area (Å²) >= 11 is 0. The molecule has 0 aromatic heterocycles. The molecule has 0 saturated carbocycles.